The maximum Gasteiger partial charge on any atom is 0.293 e. The first-order chi connectivity index (χ1) is 13.3. The Balaban J connectivity index is 1.89. The summed E-state index contributed by atoms with van der Waals surface area (Å²) in [5.41, 5.74) is 7.02. The van der Waals surface area contributed by atoms with Crippen molar-refractivity contribution >= 4 is 68.0 Å². The first kappa shape index (κ1) is 20.3. The zero-order chi connectivity index (χ0) is 20.4. The van der Waals surface area contributed by atoms with Gasteiger partial charge in [0.15, 0.2) is 10.4 Å². The molecule has 2 amide bonds. The van der Waals surface area contributed by atoms with E-state index in [9.17, 15) is 9.59 Å². The maximum atomic E-state index is 12.8. The van der Waals surface area contributed by atoms with E-state index in [-0.39, 0.29) is 27.1 Å². The lowest BCUT2D eigenvalue weighted by Gasteiger charge is -2.19. The first-order valence-electron chi connectivity index (χ1n) is 7.96. The van der Waals surface area contributed by atoms with Gasteiger partial charge in [-0.3, -0.25) is 9.59 Å². The van der Waals surface area contributed by atoms with Crippen LogP contribution in [0.15, 0.2) is 57.6 Å². The number of amides is 2. The van der Waals surface area contributed by atoms with Crippen LogP contribution in [-0.4, -0.2) is 18.9 Å². The van der Waals surface area contributed by atoms with E-state index in [1.807, 2.05) is 0 Å². The molecule has 0 spiro atoms. The van der Waals surface area contributed by atoms with Gasteiger partial charge in [-0.25, -0.2) is 0 Å². The largest absolute Gasteiger partial charge is 0.444 e. The topological polar surface area (TPSA) is 88.6 Å². The SMILES string of the molecule is CN(C(=O)c1ccc(Br)o1)c1ccccc1C(=O)Nc1cc(Cl)c(N)c(Cl)c1. The van der Waals surface area contributed by atoms with Crippen LogP contribution in [0.4, 0.5) is 17.1 Å². The van der Waals surface area contributed by atoms with E-state index in [0.29, 0.717) is 16.0 Å². The summed E-state index contributed by atoms with van der Waals surface area (Å²) in [6.07, 6.45) is 0. The van der Waals surface area contributed by atoms with Gasteiger partial charge in [-0.2, -0.15) is 0 Å². The van der Waals surface area contributed by atoms with Crippen molar-refractivity contribution in [3.8, 4) is 0 Å². The molecule has 0 fully saturated rings. The molecule has 0 saturated heterocycles. The van der Waals surface area contributed by atoms with Crippen molar-refractivity contribution < 1.29 is 14.0 Å². The Kier molecular flexibility index (Phi) is 5.98. The van der Waals surface area contributed by atoms with Crippen LogP contribution in [0.5, 0.6) is 0 Å². The highest BCUT2D eigenvalue weighted by Crippen LogP contribution is 2.32. The van der Waals surface area contributed by atoms with Gasteiger partial charge in [0, 0.05) is 12.7 Å². The second kappa shape index (κ2) is 8.26. The molecule has 0 radical (unpaired) electrons. The predicted octanol–water partition coefficient (Wildman–Crippen LogP) is 5.46. The Morgan fingerprint density at radius 2 is 1.75 bits per heavy atom. The fourth-order valence-corrected chi connectivity index (χ4v) is 3.31. The van der Waals surface area contributed by atoms with E-state index in [1.165, 1.54) is 17.0 Å². The second-order valence-electron chi connectivity index (χ2n) is 5.79. The minimum Gasteiger partial charge on any atom is -0.444 e. The molecule has 3 N–H and O–H groups in total. The Bertz CT molecular complexity index is 1050. The number of nitrogens with two attached hydrogens (primary N) is 1. The van der Waals surface area contributed by atoms with Crippen LogP contribution in [-0.2, 0) is 0 Å². The number of anilines is 3. The van der Waals surface area contributed by atoms with Crippen molar-refractivity contribution in [3.63, 3.8) is 0 Å². The Morgan fingerprint density at radius 1 is 1.11 bits per heavy atom. The highest BCUT2D eigenvalue weighted by Gasteiger charge is 2.22. The van der Waals surface area contributed by atoms with Gasteiger partial charge in [0.25, 0.3) is 11.8 Å². The van der Waals surface area contributed by atoms with Gasteiger partial charge in [0.1, 0.15) is 0 Å². The van der Waals surface area contributed by atoms with Crippen LogP contribution in [0.25, 0.3) is 0 Å². The molecular formula is C19H14BrCl2N3O3. The van der Waals surface area contributed by atoms with Gasteiger partial charge in [0.05, 0.1) is 27.0 Å². The lowest BCUT2D eigenvalue weighted by Crippen LogP contribution is -2.28. The van der Waals surface area contributed by atoms with Crippen molar-refractivity contribution in [3.05, 3.63) is 74.6 Å². The summed E-state index contributed by atoms with van der Waals surface area (Å²) in [5.74, 6) is -0.695. The molecule has 3 aromatic rings. The van der Waals surface area contributed by atoms with Crippen LogP contribution < -0.4 is 16.0 Å². The minimum atomic E-state index is -0.437. The number of benzene rings is 2. The third kappa shape index (κ3) is 4.16. The molecule has 2 aromatic carbocycles. The molecule has 6 nitrogen and oxygen atoms in total. The standard InChI is InChI=1S/C19H14BrCl2N3O3/c1-25(19(27)15-6-7-16(20)28-15)14-5-3-2-4-11(14)18(26)24-10-8-12(21)17(23)13(22)9-10/h2-9H,23H2,1H3,(H,24,26). The molecule has 1 aromatic heterocycles. The van der Waals surface area contributed by atoms with Gasteiger partial charge >= 0.3 is 0 Å². The van der Waals surface area contributed by atoms with Crippen LogP contribution in [0.1, 0.15) is 20.9 Å². The number of hydrogen-bond donors (Lipinski definition) is 2. The number of nitrogens with one attached hydrogen (secondary N) is 1. The van der Waals surface area contributed by atoms with Gasteiger partial charge < -0.3 is 20.4 Å². The highest BCUT2D eigenvalue weighted by molar-refractivity contribution is 9.10. The van der Waals surface area contributed by atoms with Crippen molar-refractivity contribution in [2.24, 2.45) is 0 Å². The predicted molar refractivity (Wildman–Crippen MR) is 114 cm³/mol. The van der Waals surface area contributed by atoms with Crippen LogP contribution >= 0.6 is 39.1 Å². The summed E-state index contributed by atoms with van der Waals surface area (Å²) >= 11 is 15.2. The van der Waals surface area contributed by atoms with Crippen LogP contribution in [0.3, 0.4) is 0 Å². The van der Waals surface area contributed by atoms with Gasteiger partial charge in [0.2, 0.25) is 0 Å². The van der Waals surface area contributed by atoms with E-state index >= 15 is 0 Å². The van der Waals surface area contributed by atoms with Crippen LogP contribution in [0.2, 0.25) is 10.0 Å². The molecule has 1 heterocycles. The smallest absolute Gasteiger partial charge is 0.293 e. The van der Waals surface area contributed by atoms with E-state index in [2.05, 4.69) is 21.2 Å². The molecule has 0 aliphatic carbocycles. The monoisotopic (exact) mass is 481 g/mol. The third-order valence-corrected chi connectivity index (χ3v) is 4.99. The number of nitrogen functional groups attached to an aromatic ring is 1. The summed E-state index contributed by atoms with van der Waals surface area (Å²) in [6.45, 7) is 0. The fraction of sp³-hybridized carbons (Fsp3) is 0.0526. The van der Waals surface area contributed by atoms with Crippen molar-refractivity contribution in [2.75, 3.05) is 23.0 Å². The number of rotatable bonds is 4. The number of nitrogens with zero attached hydrogens (tertiary/aromatic N) is 1. The average molecular weight is 483 g/mol. The summed E-state index contributed by atoms with van der Waals surface area (Å²) in [5, 5.41) is 3.17. The number of carbonyl (C=O) groups excluding carboxylic acids is 2. The summed E-state index contributed by atoms with van der Waals surface area (Å²) in [7, 11) is 1.56. The van der Waals surface area contributed by atoms with E-state index in [4.69, 9.17) is 33.4 Å². The molecule has 0 aliphatic heterocycles. The highest BCUT2D eigenvalue weighted by atomic mass is 79.9. The molecule has 0 atom stereocenters. The molecule has 0 aliphatic rings. The second-order valence-corrected chi connectivity index (χ2v) is 7.39. The number of furan rings is 1. The third-order valence-electron chi connectivity index (χ3n) is 3.94. The number of hydrogen-bond acceptors (Lipinski definition) is 4. The molecule has 9 heteroatoms. The van der Waals surface area contributed by atoms with Crippen molar-refractivity contribution in [2.45, 2.75) is 0 Å². The van der Waals surface area contributed by atoms with Crippen LogP contribution in [0, 0.1) is 0 Å². The van der Waals surface area contributed by atoms with Crippen molar-refractivity contribution in [1.29, 1.82) is 0 Å². The normalized spacial score (nSPS) is 10.6. The summed E-state index contributed by atoms with van der Waals surface area (Å²) in [6, 6.07) is 12.9. The maximum absolute atomic E-state index is 12.8. The Hall–Kier alpha value is -2.48. The number of para-hydroxylation sites is 1. The van der Waals surface area contributed by atoms with Crippen molar-refractivity contribution in [1.82, 2.24) is 0 Å². The molecule has 3 rings (SSSR count). The van der Waals surface area contributed by atoms with E-state index < -0.39 is 11.8 Å². The lowest BCUT2D eigenvalue weighted by molar-refractivity contribution is 0.0965. The quantitative estimate of drug-likeness (QED) is 0.483. The molecule has 0 bridgehead atoms. The zero-order valence-corrected chi connectivity index (χ0v) is 17.6. The lowest BCUT2D eigenvalue weighted by atomic mass is 10.1. The van der Waals surface area contributed by atoms with E-state index in [0.717, 1.165) is 0 Å². The van der Waals surface area contributed by atoms with Gasteiger partial charge in [-0.15, -0.1) is 0 Å². The molecule has 28 heavy (non-hydrogen) atoms. The summed E-state index contributed by atoms with van der Waals surface area (Å²) < 4.78 is 5.74. The number of carbonyl (C=O) groups is 2. The average Bonchev–Trinajstić information content (AvgIpc) is 3.11. The molecule has 144 valence electrons. The van der Waals surface area contributed by atoms with Gasteiger partial charge in [-0.1, -0.05) is 35.3 Å². The molecular weight excluding hydrogens is 469 g/mol. The number of halogens is 3. The summed E-state index contributed by atoms with van der Waals surface area (Å²) in [4.78, 5) is 26.8. The molecule has 0 unspecified atom stereocenters. The van der Waals surface area contributed by atoms with E-state index in [1.54, 1.807) is 43.4 Å². The Morgan fingerprint density at radius 3 is 2.36 bits per heavy atom. The first-order valence-corrected chi connectivity index (χ1v) is 9.51. The van der Waals surface area contributed by atoms with Gasteiger partial charge in [-0.05, 0) is 52.3 Å². The fourth-order valence-electron chi connectivity index (χ4n) is 2.52. The Labute approximate surface area is 179 Å². The molecule has 0 saturated carbocycles. The zero-order valence-electron chi connectivity index (χ0n) is 14.5. The minimum absolute atomic E-state index is 0.140.